The van der Waals surface area contributed by atoms with Gasteiger partial charge in [-0.15, -0.1) is 0 Å². The highest BCUT2D eigenvalue weighted by Gasteiger charge is 2.15. The van der Waals surface area contributed by atoms with E-state index in [1.807, 2.05) is 32.0 Å². The molecule has 0 aliphatic carbocycles. The molecule has 120 valence electrons. The summed E-state index contributed by atoms with van der Waals surface area (Å²) in [6.45, 7) is 3.37. The number of aromatic hydroxyl groups is 1. The maximum absolute atomic E-state index is 11.9. The fourth-order valence-corrected chi connectivity index (χ4v) is 2.30. The average molecular weight is 378 g/mol. The zero-order chi connectivity index (χ0) is 17.0. The van der Waals surface area contributed by atoms with E-state index in [9.17, 15) is 14.7 Å². The van der Waals surface area contributed by atoms with Crippen molar-refractivity contribution in [3.63, 3.8) is 0 Å². The van der Waals surface area contributed by atoms with Crippen molar-refractivity contribution >= 4 is 33.5 Å². The van der Waals surface area contributed by atoms with E-state index >= 15 is 0 Å². The Labute approximate surface area is 142 Å². The molecule has 0 radical (unpaired) electrons. The summed E-state index contributed by atoms with van der Waals surface area (Å²) >= 11 is 3.21. The van der Waals surface area contributed by atoms with Crippen molar-refractivity contribution in [3.05, 3.63) is 57.6 Å². The summed E-state index contributed by atoms with van der Waals surface area (Å²) in [6.07, 6.45) is 0. The van der Waals surface area contributed by atoms with Gasteiger partial charge in [0.15, 0.2) is 6.61 Å². The van der Waals surface area contributed by atoms with E-state index < -0.39 is 18.5 Å². The van der Waals surface area contributed by atoms with Gasteiger partial charge in [0.2, 0.25) is 0 Å². The molecule has 0 aromatic heterocycles. The van der Waals surface area contributed by atoms with Crippen LogP contribution in [0, 0.1) is 13.8 Å². The number of hydrogen-bond acceptors (Lipinski definition) is 4. The van der Waals surface area contributed by atoms with Crippen molar-refractivity contribution in [1.29, 1.82) is 0 Å². The summed E-state index contributed by atoms with van der Waals surface area (Å²) in [6, 6.07) is 10.1. The fraction of sp³-hybridized carbons (Fsp3) is 0.176. The number of anilines is 1. The molecule has 6 heteroatoms. The Bertz CT molecular complexity index is 758. The molecule has 23 heavy (non-hydrogen) atoms. The van der Waals surface area contributed by atoms with Crippen LogP contribution in [-0.4, -0.2) is 23.6 Å². The second-order valence-corrected chi connectivity index (χ2v) is 6.02. The third-order valence-electron chi connectivity index (χ3n) is 3.18. The first-order valence-corrected chi connectivity index (χ1v) is 7.69. The van der Waals surface area contributed by atoms with E-state index in [1.165, 1.54) is 12.1 Å². The van der Waals surface area contributed by atoms with Gasteiger partial charge in [-0.2, -0.15) is 0 Å². The smallest absolute Gasteiger partial charge is 0.342 e. The second-order valence-electron chi connectivity index (χ2n) is 5.10. The number of rotatable bonds is 4. The normalized spacial score (nSPS) is 10.2. The number of phenols is 1. The maximum Gasteiger partial charge on any atom is 0.342 e. The molecule has 0 spiro atoms. The molecule has 0 unspecified atom stereocenters. The average Bonchev–Trinajstić information content (AvgIpc) is 2.51. The Kier molecular flexibility index (Phi) is 5.39. The van der Waals surface area contributed by atoms with Crippen LogP contribution in [-0.2, 0) is 9.53 Å². The minimum atomic E-state index is -0.764. The summed E-state index contributed by atoms with van der Waals surface area (Å²) in [5.41, 5.74) is 2.61. The van der Waals surface area contributed by atoms with Gasteiger partial charge in [-0.1, -0.05) is 28.1 Å². The molecule has 2 rings (SSSR count). The quantitative estimate of drug-likeness (QED) is 0.798. The van der Waals surface area contributed by atoms with Crippen molar-refractivity contribution in [1.82, 2.24) is 0 Å². The summed E-state index contributed by atoms with van der Waals surface area (Å²) in [5.74, 6) is -1.41. The Hall–Kier alpha value is -2.34. The van der Waals surface area contributed by atoms with Gasteiger partial charge in [0.1, 0.15) is 11.3 Å². The lowest BCUT2D eigenvalue weighted by Gasteiger charge is -2.10. The molecule has 0 aliphatic heterocycles. The van der Waals surface area contributed by atoms with E-state index in [-0.39, 0.29) is 11.3 Å². The van der Waals surface area contributed by atoms with Crippen molar-refractivity contribution in [2.45, 2.75) is 13.8 Å². The van der Waals surface area contributed by atoms with Crippen LogP contribution in [0.2, 0.25) is 0 Å². The predicted octanol–water partition coefficient (Wildman–Crippen LogP) is 3.57. The number of nitrogens with one attached hydrogen (secondary N) is 1. The number of halogens is 1. The number of hydrogen-bond donors (Lipinski definition) is 2. The van der Waals surface area contributed by atoms with Gasteiger partial charge in [0.05, 0.1) is 0 Å². The number of ether oxygens (including phenoxy) is 1. The molecule has 2 aromatic carbocycles. The highest BCUT2D eigenvalue weighted by molar-refractivity contribution is 9.10. The van der Waals surface area contributed by atoms with Crippen molar-refractivity contribution in [2.75, 3.05) is 11.9 Å². The molecular formula is C17H16BrNO4. The lowest BCUT2D eigenvalue weighted by atomic mass is 10.1. The molecule has 5 nitrogen and oxygen atoms in total. The number of carbonyl (C=O) groups is 2. The lowest BCUT2D eigenvalue weighted by molar-refractivity contribution is -0.119. The minimum Gasteiger partial charge on any atom is -0.507 e. The van der Waals surface area contributed by atoms with Crippen LogP contribution in [0.1, 0.15) is 21.5 Å². The van der Waals surface area contributed by atoms with Crippen LogP contribution in [0.25, 0.3) is 0 Å². The Morgan fingerprint density at radius 2 is 1.91 bits per heavy atom. The van der Waals surface area contributed by atoms with E-state index in [1.54, 1.807) is 6.07 Å². The molecule has 2 aromatic rings. The van der Waals surface area contributed by atoms with Crippen LogP contribution >= 0.6 is 15.9 Å². The number of amides is 1. The molecule has 2 N–H and O–H groups in total. The Balaban J connectivity index is 1.97. The summed E-state index contributed by atoms with van der Waals surface area (Å²) in [5, 5.41) is 12.3. The van der Waals surface area contributed by atoms with Gasteiger partial charge in [0.25, 0.3) is 5.91 Å². The molecule has 0 bridgehead atoms. The van der Waals surface area contributed by atoms with Gasteiger partial charge < -0.3 is 15.2 Å². The van der Waals surface area contributed by atoms with E-state index in [0.717, 1.165) is 11.1 Å². The van der Waals surface area contributed by atoms with Crippen LogP contribution in [0.3, 0.4) is 0 Å². The van der Waals surface area contributed by atoms with Crippen LogP contribution in [0.5, 0.6) is 5.75 Å². The van der Waals surface area contributed by atoms with Crippen LogP contribution < -0.4 is 5.32 Å². The molecule has 1 amide bonds. The summed E-state index contributed by atoms with van der Waals surface area (Å²) < 4.78 is 5.56. The Morgan fingerprint density at radius 3 is 2.65 bits per heavy atom. The first-order valence-electron chi connectivity index (χ1n) is 6.89. The predicted molar refractivity (Wildman–Crippen MR) is 90.6 cm³/mol. The largest absolute Gasteiger partial charge is 0.507 e. The molecule has 0 heterocycles. The van der Waals surface area contributed by atoms with Gasteiger partial charge in [0, 0.05) is 10.2 Å². The van der Waals surface area contributed by atoms with E-state index in [0.29, 0.717) is 10.2 Å². The number of aryl methyl sites for hydroxylation is 2. The van der Waals surface area contributed by atoms with Crippen molar-refractivity contribution < 1.29 is 19.4 Å². The molecule has 0 atom stereocenters. The number of phenolic OH excluding ortho intramolecular Hbond substituents is 1. The second kappa shape index (κ2) is 7.28. The third-order valence-corrected chi connectivity index (χ3v) is 3.67. The monoisotopic (exact) mass is 377 g/mol. The first-order chi connectivity index (χ1) is 10.9. The van der Waals surface area contributed by atoms with Crippen molar-refractivity contribution in [2.24, 2.45) is 0 Å². The third kappa shape index (κ3) is 4.56. The SMILES string of the molecule is Cc1ccc(C)c(NC(=O)COC(=O)c2cc(Br)ccc2O)c1. The number of carbonyl (C=O) groups excluding carboxylic acids is 2. The lowest BCUT2D eigenvalue weighted by Crippen LogP contribution is -2.21. The van der Waals surface area contributed by atoms with Gasteiger partial charge >= 0.3 is 5.97 Å². The van der Waals surface area contributed by atoms with Gasteiger partial charge in [-0.05, 0) is 49.2 Å². The maximum atomic E-state index is 11.9. The highest BCUT2D eigenvalue weighted by Crippen LogP contribution is 2.22. The number of benzene rings is 2. The zero-order valence-corrected chi connectivity index (χ0v) is 14.3. The minimum absolute atomic E-state index is 0.00101. The standard InChI is InChI=1S/C17H16BrNO4/c1-10-3-4-11(2)14(7-10)19-16(21)9-23-17(22)13-8-12(18)5-6-15(13)20/h3-8,20H,9H2,1-2H3,(H,19,21). The topological polar surface area (TPSA) is 75.6 Å². The van der Waals surface area contributed by atoms with Gasteiger partial charge in [-0.25, -0.2) is 4.79 Å². The first kappa shape index (κ1) is 17.0. The molecular weight excluding hydrogens is 362 g/mol. The zero-order valence-electron chi connectivity index (χ0n) is 12.7. The molecule has 0 saturated heterocycles. The summed E-state index contributed by atoms with van der Waals surface area (Å²) in [7, 11) is 0. The molecule has 0 fully saturated rings. The molecule has 0 saturated carbocycles. The van der Waals surface area contributed by atoms with Crippen LogP contribution in [0.15, 0.2) is 40.9 Å². The van der Waals surface area contributed by atoms with E-state index in [4.69, 9.17) is 4.74 Å². The van der Waals surface area contributed by atoms with Crippen molar-refractivity contribution in [3.8, 4) is 5.75 Å². The molecule has 0 aliphatic rings. The van der Waals surface area contributed by atoms with E-state index in [2.05, 4.69) is 21.2 Å². The highest BCUT2D eigenvalue weighted by atomic mass is 79.9. The summed E-state index contributed by atoms with van der Waals surface area (Å²) in [4.78, 5) is 23.8. The Morgan fingerprint density at radius 1 is 1.17 bits per heavy atom. The van der Waals surface area contributed by atoms with Gasteiger partial charge in [-0.3, -0.25) is 4.79 Å². The van der Waals surface area contributed by atoms with Crippen LogP contribution in [0.4, 0.5) is 5.69 Å². The fourth-order valence-electron chi connectivity index (χ4n) is 1.94. The number of esters is 1.